The molecular formula is C46H75N7O7S2. The number of amides is 5. The first kappa shape index (κ1) is 52.8. The van der Waals surface area contributed by atoms with E-state index < -0.39 is 42.3 Å². The van der Waals surface area contributed by atoms with Gasteiger partial charge in [0.1, 0.15) is 16.7 Å². The molecule has 1 fully saturated rings. The zero-order chi connectivity index (χ0) is 46.4. The Bertz CT molecular complexity index is 1740. The number of hydrogen-bond acceptors (Lipinski definition) is 11. The van der Waals surface area contributed by atoms with Crippen LogP contribution in [0.25, 0.3) is 0 Å². The Kier molecular flexibility index (Phi) is 21.3. The van der Waals surface area contributed by atoms with E-state index >= 15 is 0 Å². The lowest BCUT2D eigenvalue weighted by atomic mass is 9.89. The van der Waals surface area contributed by atoms with E-state index in [0.717, 1.165) is 18.4 Å². The summed E-state index contributed by atoms with van der Waals surface area (Å²) in [6, 6.07) is 7.26. The van der Waals surface area contributed by atoms with Gasteiger partial charge in [0.2, 0.25) is 23.6 Å². The number of likely N-dealkylation sites (tertiary alicyclic amines) is 1. The highest BCUT2D eigenvalue weighted by atomic mass is 32.1. The number of aromatic nitrogens is 1. The fourth-order valence-electron chi connectivity index (χ4n) is 8.76. The van der Waals surface area contributed by atoms with Crippen LogP contribution in [0.1, 0.15) is 101 Å². The molecule has 62 heavy (non-hydrogen) atoms. The van der Waals surface area contributed by atoms with E-state index in [1.807, 2.05) is 103 Å². The maximum absolute atomic E-state index is 14.4. The Hall–Kier alpha value is -3.57. The SMILES string of the molecule is CC[C@H](C)[C@@H]([C@@H](CC(=O)N1CCC[C@H]1[C@H](OC)[C@@H](C)C(=O)N[C@@H](Cc1ccccc1)c1nc(C(=O)N(C)CCS)cs1)OC)N(C)C(=O)[C@@H](NC(=O)[C@H](C(C)C)N(C)C)C(C)C. The van der Waals surface area contributed by atoms with Crippen LogP contribution < -0.4 is 10.6 Å². The van der Waals surface area contributed by atoms with Gasteiger partial charge in [0.05, 0.1) is 48.7 Å². The summed E-state index contributed by atoms with van der Waals surface area (Å²) in [6.45, 7) is 14.7. The summed E-state index contributed by atoms with van der Waals surface area (Å²) in [5, 5.41) is 8.61. The molecule has 1 aliphatic rings. The van der Waals surface area contributed by atoms with Crippen molar-refractivity contribution in [3.05, 3.63) is 52.0 Å². The Balaban J connectivity index is 1.83. The number of thiazole rings is 1. The molecule has 1 saturated heterocycles. The molecule has 0 bridgehead atoms. The van der Waals surface area contributed by atoms with E-state index in [1.54, 1.807) is 43.5 Å². The minimum Gasteiger partial charge on any atom is -0.379 e. The highest BCUT2D eigenvalue weighted by Gasteiger charge is 2.43. The molecule has 0 saturated carbocycles. The summed E-state index contributed by atoms with van der Waals surface area (Å²) in [5.41, 5.74) is 1.32. The number of benzene rings is 1. The van der Waals surface area contributed by atoms with Gasteiger partial charge in [-0.1, -0.05) is 85.2 Å². The molecule has 5 amide bonds. The molecule has 1 aromatic carbocycles. The fourth-order valence-corrected chi connectivity index (χ4v) is 9.90. The molecule has 0 radical (unpaired) electrons. The third kappa shape index (κ3) is 13.7. The Labute approximate surface area is 380 Å². The van der Waals surface area contributed by atoms with E-state index in [2.05, 4.69) is 28.2 Å². The summed E-state index contributed by atoms with van der Waals surface area (Å²) in [5.74, 6) is -1.37. The highest BCUT2D eigenvalue weighted by Crippen LogP contribution is 2.31. The standard InChI is InChI=1S/C46H75N7O7S2/c1-14-30(6)40(52(11)46(58)38(28(2)3)49-43(56)39(29(4)5)50(8)9)36(59-12)26-37(54)53-22-18-21-35(53)41(60-13)31(7)42(55)47-33(25-32-19-16-15-17-20-32)44-48-34(27-62-44)45(57)51(10)23-24-61/h15-17,19-20,27-31,33,35-36,38-41,61H,14,18,21-26H2,1-13H3,(H,47,55)(H,49,56)/t30-,31+,33-,35-,36+,38-,39-,40-,41+/m0/s1. The number of nitrogens with zero attached hydrogens (tertiary/aromatic N) is 5. The maximum atomic E-state index is 14.4. The number of rotatable bonds is 24. The second-order valence-electron chi connectivity index (χ2n) is 17.7. The lowest BCUT2D eigenvalue weighted by molar-refractivity contribution is -0.148. The largest absolute Gasteiger partial charge is 0.379 e. The summed E-state index contributed by atoms with van der Waals surface area (Å²) < 4.78 is 12.2. The van der Waals surface area contributed by atoms with Gasteiger partial charge in [-0.25, -0.2) is 4.98 Å². The van der Waals surface area contributed by atoms with Gasteiger partial charge in [-0.2, -0.15) is 12.6 Å². The minimum atomic E-state index is -0.774. The summed E-state index contributed by atoms with van der Waals surface area (Å²) in [7, 11) is 10.3. The van der Waals surface area contributed by atoms with Crippen molar-refractivity contribution in [2.24, 2.45) is 23.7 Å². The second-order valence-corrected chi connectivity index (χ2v) is 19.1. The van der Waals surface area contributed by atoms with Crippen LogP contribution in [-0.2, 0) is 35.1 Å². The normalized spacial score (nSPS) is 18.1. The molecule has 16 heteroatoms. The molecule has 1 aromatic heterocycles. The van der Waals surface area contributed by atoms with Crippen molar-refractivity contribution in [3.8, 4) is 0 Å². The number of carbonyl (C=O) groups is 5. The van der Waals surface area contributed by atoms with Gasteiger partial charge in [0.15, 0.2) is 0 Å². The average molecular weight is 902 g/mol. The molecule has 0 spiro atoms. The first-order chi connectivity index (χ1) is 29.3. The number of carbonyl (C=O) groups excluding carboxylic acids is 5. The Morgan fingerprint density at radius 1 is 0.935 bits per heavy atom. The van der Waals surface area contributed by atoms with E-state index in [0.29, 0.717) is 42.4 Å². The first-order valence-electron chi connectivity index (χ1n) is 22.1. The van der Waals surface area contributed by atoms with Crippen molar-refractivity contribution >= 4 is 53.5 Å². The van der Waals surface area contributed by atoms with Crippen LogP contribution in [-0.4, -0.2) is 152 Å². The van der Waals surface area contributed by atoms with Crippen molar-refractivity contribution in [2.45, 2.75) is 123 Å². The van der Waals surface area contributed by atoms with Crippen molar-refractivity contribution < 1.29 is 33.4 Å². The minimum absolute atomic E-state index is 0.0127. The van der Waals surface area contributed by atoms with Gasteiger partial charge in [-0.05, 0) is 56.7 Å². The number of hydrogen-bond donors (Lipinski definition) is 3. The third-order valence-electron chi connectivity index (χ3n) is 12.4. The molecule has 1 aliphatic heterocycles. The van der Waals surface area contributed by atoms with E-state index in [9.17, 15) is 24.0 Å². The molecule has 3 rings (SSSR count). The quantitative estimate of drug-likeness (QED) is 0.121. The lowest BCUT2D eigenvalue weighted by Crippen LogP contribution is -2.59. The molecule has 0 aliphatic carbocycles. The smallest absolute Gasteiger partial charge is 0.273 e. The van der Waals surface area contributed by atoms with Gasteiger partial charge in [-0.15, -0.1) is 11.3 Å². The van der Waals surface area contributed by atoms with Gasteiger partial charge in [0.25, 0.3) is 5.91 Å². The molecule has 14 nitrogen and oxygen atoms in total. The maximum Gasteiger partial charge on any atom is 0.273 e. The third-order valence-corrected chi connectivity index (χ3v) is 13.5. The zero-order valence-electron chi connectivity index (χ0n) is 39.4. The summed E-state index contributed by atoms with van der Waals surface area (Å²) in [4.78, 5) is 81.2. The number of thiol groups is 1. The van der Waals surface area contributed by atoms with Crippen LogP contribution in [0.15, 0.2) is 35.7 Å². The second kappa shape index (κ2) is 25.1. The van der Waals surface area contributed by atoms with Crippen LogP contribution in [0, 0.1) is 23.7 Å². The van der Waals surface area contributed by atoms with Crippen LogP contribution in [0.4, 0.5) is 0 Å². The molecule has 9 atom stereocenters. The van der Waals surface area contributed by atoms with Crippen LogP contribution in [0.5, 0.6) is 0 Å². The average Bonchev–Trinajstić information content (AvgIpc) is 3.93. The number of likely N-dealkylation sites (N-methyl/N-ethyl adjacent to an activating group) is 2. The van der Waals surface area contributed by atoms with E-state index in [1.165, 1.54) is 11.3 Å². The van der Waals surface area contributed by atoms with E-state index in [4.69, 9.17) is 9.47 Å². The van der Waals surface area contributed by atoms with Gasteiger partial charge in [0, 0.05) is 52.5 Å². The van der Waals surface area contributed by atoms with Crippen molar-refractivity contribution in [2.75, 3.05) is 61.3 Å². The number of ether oxygens (including phenoxy) is 2. The molecule has 2 N–H and O–H groups in total. The van der Waals surface area contributed by atoms with Crippen molar-refractivity contribution in [1.29, 1.82) is 0 Å². The number of nitrogens with one attached hydrogen (secondary N) is 2. The Morgan fingerprint density at radius 3 is 2.15 bits per heavy atom. The molecule has 348 valence electrons. The zero-order valence-corrected chi connectivity index (χ0v) is 41.1. The molecule has 2 aromatic rings. The van der Waals surface area contributed by atoms with Gasteiger partial charge < -0.3 is 34.8 Å². The highest BCUT2D eigenvalue weighted by molar-refractivity contribution is 7.80. The van der Waals surface area contributed by atoms with Crippen LogP contribution >= 0.6 is 24.0 Å². The van der Waals surface area contributed by atoms with E-state index in [-0.39, 0.29) is 59.8 Å². The molecule has 2 heterocycles. The molecule has 0 unspecified atom stereocenters. The first-order valence-corrected chi connectivity index (χ1v) is 23.6. The van der Waals surface area contributed by atoms with Crippen LogP contribution in [0.3, 0.4) is 0 Å². The van der Waals surface area contributed by atoms with Crippen molar-refractivity contribution in [1.82, 2.24) is 35.2 Å². The summed E-state index contributed by atoms with van der Waals surface area (Å²) in [6.07, 6.45) is 1.33. The monoisotopic (exact) mass is 902 g/mol. The number of methoxy groups -OCH3 is 2. The van der Waals surface area contributed by atoms with Crippen LogP contribution in [0.2, 0.25) is 0 Å². The Morgan fingerprint density at radius 2 is 1.60 bits per heavy atom. The summed E-state index contributed by atoms with van der Waals surface area (Å²) >= 11 is 5.58. The predicted octanol–water partition coefficient (Wildman–Crippen LogP) is 5.19. The predicted molar refractivity (Wildman–Crippen MR) is 249 cm³/mol. The van der Waals surface area contributed by atoms with Crippen molar-refractivity contribution in [3.63, 3.8) is 0 Å². The van der Waals surface area contributed by atoms with Gasteiger partial charge in [-0.3, -0.25) is 28.9 Å². The topological polar surface area (TPSA) is 154 Å². The molecular weight excluding hydrogens is 827 g/mol. The fraction of sp³-hybridized carbons (Fsp3) is 0.696. The lowest BCUT2D eigenvalue weighted by Gasteiger charge is -2.41. The van der Waals surface area contributed by atoms with Gasteiger partial charge >= 0.3 is 0 Å².